The lowest BCUT2D eigenvalue weighted by Crippen LogP contribution is -2.22. The first kappa shape index (κ1) is 15.4. The van der Waals surface area contributed by atoms with Gasteiger partial charge in [0.15, 0.2) is 0 Å². The van der Waals surface area contributed by atoms with Gasteiger partial charge in [0, 0.05) is 18.2 Å². The highest BCUT2D eigenvalue weighted by molar-refractivity contribution is 5.57. The van der Waals surface area contributed by atoms with Crippen LogP contribution >= 0.6 is 0 Å². The molecule has 0 radical (unpaired) electrons. The number of benzene rings is 1. The molecule has 0 aliphatic heterocycles. The maximum absolute atomic E-state index is 11.9. The number of nitrogens with two attached hydrogens (primary N) is 1. The maximum Gasteiger partial charge on any atom is 0.266 e. The van der Waals surface area contributed by atoms with Crippen LogP contribution in [0.1, 0.15) is 32.1 Å². The highest BCUT2D eigenvalue weighted by Gasteiger charge is 2.02. The summed E-state index contributed by atoms with van der Waals surface area (Å²) in [6, 6.07) is 13.3. The fourth-order valence-corrected chi connectivity index (χ4v) is 2.31. The second-order valence-corrected chi connectivity index (χ2v) is 5.20. The topological polar surface area (TPSA) is 60.9 Å². The molecule has 0 aliphatic rings. The van der Waals surface area contributed by atoms with E-state index in [0.29, 0.717) is 6.54 Å². The molecule has 0 aliphatic carbocycles. The van der Waals surface area contributed by atoms with E-state index in [1.54, 1.807) is 16.8 Å². The second-order valence-electron chi connectivity index (χ2n) is 5.20. The Kier molecular flexibility index (Phi) is 6.16. The van der Waals surface area contributed by atoms with Crippen LogP contribution in [0.2, 0.25) is 0 Å². The molecule has 112 valence electrons. The van der Waals surface area contributed by atoms with Gasteiger partial charge >= 0.3 is 0 Å². The minimum absolute atomic E-state index is 0.0309. The Labute approximate surface area is 125 Å². The molecule has 1 heterocycles. The summed E-state index contributed by atoms with van der Waals surface area (Å²) in [5.74, 6) is 0. The first-order valence-electron chi connectivity index (χ1n) is 7.65. The molecule has 0 unspecified atom stereocenters. The van der Waals surface area contributed by atoms with Gasteiger partial charge in [0.05, 0.1) is 5.69 Å². The van der Waals surface area contributed by atoms with Crippen LogP contribution < -0.4 is 11.3 Å². The van der Waals surface area contributed by atoms with Crippen molar-refractivity contribution in [1.82, 2.24) is 9.78 Å². The quantitative estimate of drug-likeness (QED) is 0.759. The van der Waals surface area contributed by atoms with Gasteiger partial charge in [-0.1, -0.05) is 49.6 Å². The first-order valence-corrected chi connectivity index (χ1v) is 7.65. The lowest BCUT2D eigenvalue weighted by atomic mass is 10.1. The van der Waals surface area contributed by atoms with Crippen molar-refractivity contribution < 1.29 is 0 Å². The number of aryl methyl sites for hydroxylation is 1. The van der Waals surface area contributed by atoms with Crippen LogP contribution in [0.15, 0.2) is 47.3 Å². The largest absolute Gasteiger partial charge is 0.330 e. The van der Waals surface area contributed by atoms with E-state index < -0.39 is 0 Å². The lowest BCUT2D eigenvalue weighted by molar-refractivity contribution is 0.513. The molecule has 2 N–H and O–H groups in total. The van der Waals surface area contributed by atoms with Gasteiger partial charge in [-0.25, -0.2) is 4.68 Å². The molecule has 0 bridgehead atoms. The van der Waals surface area contributed by atoms with Crippen molar-refractivity contribution in [2.24, 2.45) is 5.73 Å². The average Bonchev–Trinajstić information content (AvgIpc) is 2.53. The summed E-state index contributed by atoms with van der Waals surface area (Å²) >= 11 is 0. The Morgan fingerprint density at radius 1 is 0.905 bits per heavy atom. The highest BCUT2D eigenvalue weighted by atomic mass is 16.1. The minimum atomic E-state index is -0.0309. The Bertz CT molecular complexity index is 592. The molecule has 0 fully saturated rings. The SMILES string of the molecule is NCCCCCCCn1nc(-c2ccccc2)ccc1=O. The summed E-state index contributed by atoms with van der Waals surface area (Å²) in [4.78, 5) is 11.9. The Morgan fingerprint density at radius 3 is 2.38 bits per heavy atom. The van der Waals surface area contributed by atoms with Crippen molar-refractivity contribution in [3.05, 3.63) is 52.8 Å². The van der Waals surface area contributed by atoms with Gasteiger partial charge in [-0.15, -0.1) is 0 Å². The van der Waals surface area contributed by atoms with E-state index in [1.807, 2.05) is 30.3 Å². The summed E-state index contributed by atoms with van der Waals surface area (Å²) in [5, 5.41) is 4.46. The summed E-state index contributed by atoms with van der Waals surface area (Å²) < 4.78 is 1.57. The van der Waals surface area contributed by atoms with E-state index in [2.05, 4.69) is 5.10 Å². The molecule has 21 heavy (non-hydrogen) atoms. The Morgan fingerprint density at radius 2 is 1.62 bits per heavy atom. The fraction of sp³-hybridized carbons (Fsp3) is 0.412. The summed E-state index contributed by atoms with van der Waals surface area (Å²) in [6.07, 6.45) is 5.52. The Balaban J connectivity index is 1.95. The third-order valence-electron chi connectivity index (χ3n) is 3.51. The molecule has 0 saturated carbocycles. The number of hydrogen-bond donors (Lipinski definition) is 1. The van der Waals surface area contributed by atoms with Gasteiger partial charge in [-0.05, 0) is 25.5 Å². The second kappa shape index (κ2) is 8.37. The summed E-state index contributed by atoms with van der Waals surface area (Å²) in [7, 11) is 0. The molecule has 2 rings (SSSR count). The Hall–Kier alpha value is -1.94. The van der Waals surface area contributed by atoms with Crippen molar-refractivity contribution in [3.8, 4) is 11.3 Å². The molecule has 4 heteroatoms. The van der Waals surface area contributed by atoms with E-state index in [9.17, 15) is 4.79 Å². The van der Waals surface area contributed by atoms with Crippen molar-refractivity contribution in [2.75, 3.05) is 6.54 Å². The smallest absolute Gasteiger partial charge is 0.266 e. The van der Waals surface area contributed by atoms with E-state index in [1.165, 1.54) is 12.8 Å². The van der Waals surface area contributed by atoms with Crippen LogP contribution in [-0.4, -0.2) is 16.3 Å². The first-order chi connectivity index (χ1) is 10.3. The molecule has 0 saturated heterocycles. The van der Waals surface area contributed by atoms with Crippen molar-refractivity contribution in [2.45, 2.75) is 38.6 Å². The molecule has 4 nitrogen and oxygen atoms in total. The van der Waals surface area contributed by atoms with E-state index in [0.717, 1.165) is 37.1 Å². The zero-order valence-electron chi connectivity index (χ0n) is 12.4. The number of nitrogens with zero attached hydrogens (tertiary/aromatic N) is 2. The van der Waals surface area contributed by atoms with Gasteiger partial charge in [-0.2, -0.15) is 5.10 Å². The van der Waals surface area contributed by atoms with Crippen LogP contribution in [0.3, 0.4) is 0 Å². The fourth-order valence-electron chi connectivity index (χ4n) is 2.31. The van der Waals surface area contributed by atoms with Crippen molar-refractivity contribution in [1.29, 1.82) is 0 Å². The average molecular weight is 285 g/mol. The molecule has 1 aromatic carbocycles. The lowest BCUT2D eigenvalue weighted by Gasteiger charge is -2.07. The van der Waals surface area contributed by atoms with E-state index >= 15 is 0 Å². The van der Waals surface area contributed by atoms with Gasteiger partial charge in [0.25, 0.3) is 5.56 Å². The van der Waals surface area contributed by atoms with Crippen LogP contribution in [0, 0.1) is 0 Å². The third-order valence-corrected chi connectivity index (χ3v) is 3.51. The monoisotopic (exact) mass is 285 g/mol. The van der Waals surface area contributed by atoms with E-state index in [-0.39, 0.29) is 5.56 Å². The summed E-state index contributed by atoms with van der Waals surface area (Å²) in [6.45, 7) is 1.45. The third kappa shape index (κ3) is 4.83. The molecular formula is C17H23N3O. The molecule has 0 atom stereocenters. The minimum Gasteiger partial charge on any atom is -0.330 e. The van der Waals surface area contributed by atoms with Gasteiger partial charge in [-0.3, -0.25) is 4.79 Å². The predicted octanol–water partition coefficient (Wildman–Crippen LogP) is 2.82. The van der Waals surface area contributed by atoms with Crippen LogP contribution in [0.4, 0.5) is 0 Å². The molecule has 2 aromatic rings. The normalized spacial score (nSPS) is 10.7. The molecule has 0 spiro atoms. The predicted molar refractivity (Wildman–Crippen MR) is 86.1 cm³/mol. The number of rotatable bonds is 8. The summed E-state index contributed by atoms with van der Waals surface area (Å²) in [5.41, 5.74) is 7.32. The van der Waals surface area contributed by atoms with Crippen molar-refractivity contribution in [3.63, 3.8) is 0 Å². The van der Waals surface area contributed by atoms with Crippen LogP contribution in [0.5, 0.6) is 0 Å². The highest BCUT2D eigenvalue weighted by Crippen LogP contribution is 2.14. The number of unbranched alkanes of at least 4 members (excludes halogenated alkanes) is 4. The van der Waals surface area contributed by atoms with Gasteiger partial charge in [0.1, 0.15) is 0 Å². The van der Waals surface area contributed by atoms with Crippen LogP contribution in [-0.2, 0) is 6.54 Å². The zero-order chi connectivity index (χ0) is 14.9. The number of hydrogen-bond acceptors (Lipinski definition) is 3. The maximum atomic E-state index is 11.9. The number of aromatic nitrogens is 2. The molecule has 0 amide bonds. The molecule has 1 aromatic heterocycles. The van der Waals surface area contributed by atoms with Gasteiger partial charge in [0.2, 0.25) is 0 Å². The standard InChI is InChI=1S/C17H23N3O/c18-13-7-2-1-3-8-14-20-17(21)12-11-16(19-20)15-9-5-4-6-10-15/h4-6,9-12H,1-3,7-8,13-14,18H2. The van der Waals surface area contributed by atoms with Gasteiger partial charge < -0.3 is 5.73 Å². The zero-order valence-corrected chi connectivity index (χ0v) is 12.4. The molecular weight excluding hydrogens is 262 g/mol. The van der Waals surface area contributed by atoms with E-state index in [4.69, 9.17) is 5.73 Å². The van der Waals surface area contributed by atoms with Crippen LogP contribution in [0.25, 0.3) is 11.3 Å². The van der Waals surface area contributed by atoms with Crippen molar-refractivity contribution >= 4 is 0 Å².